The van der Waals surface area contributed by atoms with Crippen LogP contribution in [0.3, 0.4) is 0 Å². The molecule has 0 unspecified atom stereocenters. The van der Waals surface area contributed by atoms with Gasteiger partial charge in [0, 0.05) is 51.6 Å². The molecule has 0 aliphatic carbocycles. The lowest BCUT2D eigenvalue weighted by Crippen LogP contribution is -2.50. The maximum atomic E-state index is 14.2. The number of hydrogen-bond acceptors (Lipinski definition) is 6. The Bertz CT molecular complexity index is 1370. The summed E-state index contributed by atoms with van der Waals surface area (Å²) in [4.78, 5) is 21.4. The van der Waals surface area contributed by atoms with E-state index in [4.69, 9.17) is 42.8 Å². The van der Waals surface area contributed by atoms with Crippen molar-refractivity contribution in [2.45, 2.75) is 30.9 Å². The third-order valence-corrected chi connectivity index (χ3v) is 8.10. The van der Waals surface area contributed by atoms with E-state index in [9.17, 15) is 4.79 Å². The van der Waals surface area contributed by atoms with Crippen molar-refractivity contribution >= 4 is 50.9 Å². The summed E-state index contributed by atoms with van der Waals surface area (Å²) in [6, 6.07) is 20.3. The summed E-state index contributed by atoms with van der Waals surface area (Å²) in [6.45, 7) is 1.80. The fourth-order valence-electron chi connectivity index (χ4n) is 4.66. The summed E-state index contributed by atoms with van der Waals surface area (Å²) < 4.78 is 13.1. The van der Waals surface area contributed by atoms with Gasteiger partial charge in [0.1, 0.15) is 5.75 Å². The Labute approximate surface area is 259 Å². The number of carbonyl (C=O) groups is 1. The summed E-state index contributed by atoms with van der Waals surface area (Å²) in [5.74, 6) is 0.747. The molecule has 3 aromatic carbocycles. The zero-order chi connectivity index (χ0) is 29.4. The highest BCUT2D eigenvalue weighted by molar-refractivity contribution is 9.10. The zero-order valence-electron chi connectivity index (χ0n) is 23.1. The van der Waals surface area contributed by atoms with E-state index in [2.05, 4.69) is 26.1 Å². The first kappa shape index (κ1) is 31.3. The molecule has 0 saturated heterocycles. The third kappa shape index (κ3) is 7.81. The van der Waals surface area contributed by atoms with Crippen LogP contribution in [-0.4, -0.2) is 67.7 Å². The number of nitrogens with zero attached hydrogens (tertiary/aromatic N) is 2. The molecular weight excluding hydrogens is 629 g/mol. The molecule has 7 nitrogen and oxygen atoms in total. The summed E-state index contributed by atoms with van der Waals surface area (Å²) in [5, 5.41) is 13.0. The van der Waals surface area contributed by atoms with Gasteiger partial charge in [-0.3, -0.25) is 4.79 Å². The molecule has 2 atom stereocenters. The predicted octanol–water partition coefficient (Wildman–Crippen LogP) is 6.08. The third-order valence-electron chi connectivity index (χ3n) is 6.76. The van der Waals surface area contributed by atoms with Gasteiger partial charge < -0.3 is 24.8 Å². The van der Waals surface area contributed by atoms with Gasteiger partial charge in [0.2, 0.25) is 5.90 Å². The molecule has 1 aliphatic rings. The molecule has 0 aromatic heterocycles. The second-order valence-corrected chi connectivity index (χ2v) is 11.8. The van der Waals surface area contributed by atoms with Gasteiger partial charge in [-0.1, -0.05) is 63.4 Å². The van der Waals surface area contributed by atoms with Crippen LogP contribution in [0.2, 0.25) is 10.0 Å². The standard InChI is InChI=1S/C31H34BrCl2N3O4/c1-37(2)16-5-15-35-30(39)31(20-22-7-3-4-8-26(22)32)28(25-14-11-23(33)19-27(25)34)41-29(36-31)21-9-12-24(13-10-21)40-18-6-17-38/h3-4,7-14,19,28,38H,5-6,15-18,20H2,1-2H3,(H,35,39)/t28-,31-/m1/s1. The first-order valence-electron chi connectivity index (χ1n) is 13.5. The highest BCUT2D eigenvalue weighted by atomic mass is 79.9. The van der Waals surface area contributed by atoms with Crippen molar-refractivity contribution in [3.63, 3.8) is 0 Å². The van der Waals surface area contributed by atoms with Crippen molar-refractivity contribution < 1.29 is 19.4 Å². The van der Waals surface area contributed by atoms with Crippen LogP contribution in [0.4, 0.5) is 0 Å². The van der Waals surface area contributed by atoms with Crippen LogP contribution in [-0.2, 0) is 16.0 Å². The van der Waals surface area contributed by atoms with Crippen LogP contribution in [0.25, 0.3) is 0 Å². The number of aliphatic hydroxyl groups is 1. The van der Waals surface area contributed by atoms with Crippen LogP contribution in [0.15, 0.2) is 76.2 Å². The topological polar surface area (TPSA) is 83.4 Å². The van der Waals surface area contributed by atoms with Gasteiger partial charge in [0.25, 0.3) is 5.91 Å². The molecule has 0 fully saturated rings. The van der Waals surface area contributed by atoms with Gasteiger partial charge >= 0.3 is 0 Å². The molecule has 0 radical (unpaired) electrons. The molecule has 41 heavy (non-hydrogen) atoms. The Morgan fingerprint density at radius 2 is 1.88 bits per heavy atom. The Morgan fingerprint density at radius 3 is 2.56 bits per heavy atom. The first-order chi connectivity index (χ1) is 19.7. The molecule has 218 valence electrons. The summed E-state index contributed by atoms with van der Waals surface area (Å²) >= 11 is 16.6. The van der Waals surface area contributed by atoms with E-state index in [1.807, 2.05) is 62.6 Å². The SMILES string of the molecule is CN(C)CCCNC(=O)[C@]1(Cc2ccccc2Br)N=C(c2ccc(OCCCO)cc2)O[C@@H]1c1ccc(Cl)cc1Cl. The smallest absolute Gasteiger partial charge is 0.252 e. The lowest BCUT2D eigenvalue weighted by molar-refractivity contribution is -0.128. The van der Waals surface area contributed by atoms with E-state index in [1.54, 1.807) is 18.2 Å². The number of aliphatic hydroxyl groups excluding tert-OH is 1. The lowest BCUT2D eigenvalue weighted by Gasteiger charge is -2.31. The van der Waals surface area contributed by atoms with E-state index < -0.39 is 11.6 Å². The number of halogens is 3. The van der Waals surface area contributed by atoms with E-state index >= 15 is 0 Å². The van der Waals surface area contributed by atoms with Crippen LogP contribution in [0, 0.1) is 0 Å². The van der Waals surface area contributed by atoms with Crippen molar-refractivity contribution in [1.82, 2.24) is 10.2 Å². The van der Waals surface area contributed by atoms with Crippen molar-refractivity contribution in [1.29, 1.82) is 0 Å². The number of nitrogens with one attached hydrogen (secondary N) is 1. The van der Waals surface area contributed by atoms with Crippen LogP contribution < -0.4 is 10.1 Å². The molecule has 0 bridgehead atoms. The second kappa shape index (κ2) is 14.5. The predicted molar refractivity (Wildman–Crippen MR) is 167 cm³/mol. The minimum absolute atomic E-state index is 0.0637. The number of carbonyl (C=O) groups excluding carboxylic acids is 1. The van der Waals surface area contributed by atoms with Crippen LogP contribution >= 0.6 is 39.1 Å². The number of rotatable bonds is 13. The van der Waals surface area contributed by atoms with Crippen LogP contribution in [0.1, 0.15) is 35.6 Å². The number of ether oxygens (including phenoxy) is 2. The lowest BCUT2D eigenvalue weighted by atomic mass is 9.82. The molecule has 0 saturated carbocycles. The zero-order valence-corrected chi connectivity index (χ0v) is 26.2. The van der Waals surface area contributed by atoms with Gasteiger partial charge in [-0.25, -0.2) is 4.99 Å². The molecular formula is C31H34BrCl2N3O4. The Morgan fingerprint density at radius 1 is 1.12 bits per heavy atom. The summed E-state index contributed by atoms with van der Waals surface area (Å²) in [6.07, 6.45) is 0.778. The quantitative estimate of drug-likeness (QED) is 0.217. The number of amides is 1. The minimum Gasteiger partial charge on any atom is -0.494 e. The van der Waals surface area contributed by atoms with Gasteiger partial charge in [-0.05, 0) is 75.1 Å². The van der Waals surface area contributed by atoms with Crippen molar-refractivity contribution in [2.24, 2.45) is 4.99 Å². The Balaban J connectivity index is 1.77. The maximum absolute atomic E-state index is 14.2. The Hall–Kier alpha value is -2.62. The molecule has 10 heteroatoms. The van der Waals surface area contributed by atoms with Gasteiger partial charge in [0.05, 0.1) is 6.61 Å². The maximum Gasteiger partial charge on any atom is 0.252 e. The fraction of sp³-hybridized carbons (Fsp3) is 0.355. The fourth-order valence-corrected chi connectivity index (χ4v) is 5.59. The van der Waals surface area contributed by atoms with E-state index in [1.165, 1.54) is 0 Å². The molecule has 1 heterocycles. The number of aliphatic imine (C=N–C) groups is 1. The minimum atomic E-state index is -1.36. The van der Waals surface area contributed by atoms with E-state index in [-0.39, 0.29) is 18.9 Å². The Kier molecular flexibility index (Phi) is 11.1. The van der Waals surface area contributed by atoms with Gasteiger partial charge in [-0.15, -0.1) is 0 Å². The second-order valence-electron chi connectivity index (χ2n) is 10.1. The van der Waals surface area contributed by atoms with Crippen molar-refractivity contribution in [3.05, 3.63) is 97.9 Å². The monoisotopic (exact) mass is 661 g/mol. The highest BCUT2D eigenvalue weighted by Gasteiger charge is 2.54. The van der Waals surface area contributed by atoms with E-state index in [0.717, 1.165) is 23.0 Å². The molecule has 4 rings (SSSR count). The molecule has 3 aromatic rings. The number of benzene rings is 3. The normalized spacial score (nSPS) is 18.2. The van der Waals surface area contributed by atoms with Gasteiger partial charge in [-0.2, -0.15) is 0 Å². The average Bonchev–Trinajstić information content (AvgIpc) is 3.33. The first-order valence-corrected chi connectivity index (χ1v) is 15.0. The molecule has 2 N–H and O–H groups in total. The van der Waals surface area contributed by atoms with Crippen molar-refractivity contribution in [2.75, 3.05) is 40.4 Å². The summed E-state index contributed by atoms with van der Waals surface area (Å²) in [7, 11) is 4.00. The average molecular weight is 663 g/mol. The molecule has 1 aliphatic heterocycles. The molecule has 1 amide bonds. The largest absolute Gasteiger partial charge is 0.494 e. The van der Waals surface area contributed by atoms with Gasteiger partial charge in [0.15, 0.2) is 11.6 Å². The van der Waals surface area contributed by atoms with Crippen molar-refractivity contribution in [3.8, 4) is 5.75 Å². The highest BCUT2D eigenvalue weighted by Crippen LogP contribution is 2.45. The van der Waals surface area contributed by atoms with Crippen LogP contribution in [0.5, 0.6) is 5.75 Å². The summed E-state index contributed by atoms with van der Waals surface area (Å²) in [5.41, 5.74) is 0.871. The molecule has 0 spiro atoms. The van der Waals surface area contributed by atoms with E-state index in [0.29, 0.717) is 52.4 Å². The number of hydrogen-bond donors (Lipinski definition) is 2.